The number of ether oxygens (including phenoxy) is 1. The average Bonchev–Trinajstić information content (AvgIpc) is 2.82. The molecular formula is C25H32N2O5S. The second-order valence-electron chi connectivity index (χ2n) is 8.42. The third-order valence-corrected chi connectivity index (χ3v) is 7.80. The van der Waals surface area contributed by atoms with Gasteiger partial charge in [-0.1, -0.05) is 42.8 Å². The van der Waals surface area contributed by atoms with Gasteiger partial charge in [-0.3, -0.25) is 9.59 Å². The SMILES string of the molecule is Cc1ccccc1C(C)NC(=O)COC(=O)CCc1ccc(S(=O)(=O)N2CCCCC2)cc1. The molecule has 1 unspecified atom stereocenters. The summed E-state index contributed by atoms with van der Waals surface area (Å²) in [4.78, 5) is 24.5. The maximum Gasteiger partial charge on any atom is 0.306 e. The summed E-state index contributed by atoms with van der Waals surface area (Å²) < 4.78 is 32.1. The first kappa shape index (κ1) is 24.9. The van der Waals surface area contributed by atoms with Gasteiger partial charge in [-0.25, -0.2) is 8.42 Å². The van der Waals surface area contributed by atoms with E-state index in [1.165, 1.54) is 4.31 Å². The molecule has 1 saturated heterocycles. The van der Waals surface area contributed by atoms with Crippen LogP contribution in [0.3, 0.4) is 0 Å². The normalized spacial score (nSPS) is 15.6. The molecule has 33 heavy (non-hydrogen) atoms. The highest BCUT2D eigenvalue weighted by Gasteiger charge is 2.25. The number of benzene rings is 2. The summed E-state index contributed by atoms with van der Waals surface area (Å²) >= 11 is 0. The monoisotopic (exact) mass is 472 g/mol. The van der Waals surface area contributed by atoms with Gasteiger partial charge < -0.3 is 10.1 Å². The number of hydrogen-bond acceptors (Lipinski definition) is 5. The van der Waals surface area contributed by atoms with Crippen LogP contribution in [0, 0.1) is 6.92 Å². The summed E-state index contributed by atoms with van der Waals surface area (Å²) in [6.07, 6.45) is 3.36. The molecular weight excluding hydrogens is 440 g/mol. The Morgan fingerprint density at radius 1 is 1.03 bits per heavy atom. The van der Waals surface area contributed by atoms with Crippen molar-refractivity contribution in [3.05, 3.63) is 65.2 Å². The van der Waals surface area contributed by atoms with Crippen LogP contribution < -0.4 is 5.32 Å². The van der Waals surface area contributed by atoms with Gasteiger partial charge in [0.25, 0.3) is 5.91 Å². The molecule has 1 aliphatic rings. The zero-order valence-corrected chi connectivity index (χ0v) is 20.1. The molecule has 1 fully saturated rings. The lowest BCUT2D eigenvalue weighted by Gasteiger charge is -2.25. The largest absolute Gasteiger partial charge is 0.456 e. The number of sulfonamides is 1. The summed E-state index contributed by atoms with van der Waals surface area (Å²) in [6, 6.07) is 14.2. The number of esters is 1. The van der Waals surface area contributed by atoms with Gasteiger partial charge in [-0.2, -0.15) is 4.31 Å². The number of aryl methyl sites for hydroxylation is 2. The van der Waals surface area contributed by atoms with E-state index in [-0.39, 0.29) is 29.9 Å². The van der Waals surface area contributed by atoms with Crippen LogP contribution >= 0.6 is 0 Å². The van der Waals surface area contributed by atoms with Crippen LogP contribution in [0.2, 0.25) is 0 Å². The van der Waals surface area contributed by atoms with E-state index in [1.807, 2.05) is 38.1 Å². The second-order valence-corrected chi connectivity index (χ2v) is 10.4. The van der Waals surface area contributed by atoms with E-state index < -0.39 is 16.0 Å². The van der Waals surface area contributed by atoms with E-state index in [0.29, 0.717) is 19.5 Å². The van der Waals surface area contributed by atoms with E-state index >= 15 is 0 Å². The number of piperidine rings is 1. The van der Waals surface area contributed by atoms with E-state index in [4.69, 9.17) is 4.74 Å². The fraction of sp³-hybridized carbons (Fsp3) is 0.440. The highest BCUT2D eigenvalue weighted by Crippen LogP contribution is 2.21. The summed E-state index contributed by atoms with van der Waals surface area (Å²) in [5, 5.41) is 2.84. The van der Waals surface area contributed by atoms with E-state index in [1.54, 1.807) is 24.3 Å². The van der Waals surface area contributed by atoms with Crippen LogP contribution in [0.15, 0.2) is 53.4 Å². The van der Waals surface area contributed by atoms with Crippen LogP contribution in [0.1, 0.15) is 55.3 Å². The Morgan fingerprint density at radius 3 is 2.36 bits per heavy atom. The number of amides is 1. The van der Waals surface area contributed by atoms with Gasteiger partial charge >= 0.3 is 5.97 Å². The highest BCUT2D eigenvalue weighted by molar-refractivity contribution is 7.89. The molecule has 1 aliphatic heterocycles. The fourth-order valence-corrected chi connectivity index (χ4v) is 5.50. The standard InChI is InChI=1S/C25H32N2O5S/c1-19-8-4-5-9-23(19)20(2)26-24(28)18-32-25(29)15-12-21-10-13-22(14-11-21)33(30,31)27-16-6-3-7-17-27/h4-5,8-11,13-14,20H,3,6-7,12,15-18H2,1-2H3,(H,26,28). The van der Waals surface area contributed by atoms with Crippen molar-refractivity contribution in [3.8, 4) is 0 Å². The first-order valence-corrected chi connectivity index (χ1v) is 12.8. The zero-order chi connectivity index (χ0) is 23.8. The van der Waals surface area contributed by atoms with Gasteiger partial charge in [-0.05, 0) is 61.9 Å². The molecule has 0 aliphatic carbocycles. The van der Waals surface area contributed by atoms with Crippen LogP contribution in [-0.2, 0) is 30.8 Å². The Labute approximate surface area is 196 Å². The zero-order valence-electron chi connectivity index (χ0n) is 19.2. The number of carbonyl (C=O) groups excluding carboxylic acids is 2. The minimum absolute atomic E-state index is 0.110. The molecule has 2 aromatic carbocycles. The molecule has 1 atom stereocenters. The molecule has 0 aromatic heterocycles. The lowest BCUT2D eigenvalue weighted by atomic mass is 10.0. The molecule has 7 nitrogen and oxygen atoms in total. The van der Waals surface area contributed by atoms with Gasteiger partial charge in [0.1, 0.15) is 0 Å². The van der Waals surface area contributed by atoms with Gasteiger partial charge in [0.15, 0.2) is 6.61 Å². The quantitative estimate of drug-likeness (QED) is 0.564. The van der Waals surface area contributed by atoms with Crippen molar-refractivity contribution < 1.29 is 22.7 Å². The predicted molar refractivity (Wildman–Crippen MR) is 126 cm³/mol. The van der Waals surface area contributed by atoms with Gasteiger partial charge in [0, 0.05) is 19.5 Å². The molecule has 0 radical (unpaired) electrons. The predicted octanol–water partition coefficient (Wildman–Crippen LogP) is 3.52. The maximum absolute atomic E-state index is 12.7. The van der Waals surface area contributed by atoms with Crippen LogP contribution in [0.4, 0.5) is 0 Å². The number of hydrogen-bond donors (Lipinski definition) is 1. The second kappa shape index (κ2) is 11.4. The van der Waals surface area contributed by atoms with E-state index in [0.717, 1.165) is 36.0 Å². The number of nitrogens with zero attached hydrogens (tertiary/aromatic N) is 1. The lowest BCUT2D eigenvalue weighted by Crippen LogP contribution is -2.35. The maximum atomic E-state index is 12.7. The molecule has 2 aromatic rings. The first-order chi connectivity index (χ1) is 15.8. The van der Waals surface area contributed by atoms with E-state index in [2.05, 4.69) is 5.32 Å². The summed E-state index contributed by atoms with van der Waals surface area (Å²) in [7, 11) is -3.46. The first-order valence-electron chi connectivity index (χ1n) is 11.4. The number of nitrogens with one attached hydrogen (secondary N) is 1. The molecule has 0 saturated carbocycles. The minimum Gasteiger partial charge on any atom is -0.456 e. The van der Waals surface area contributed by atoms with Crippen molar-refractivity contribution in [3.63, 3.8) is 0 Å². The van der Waals surface area contributed by atoms with Crippen LogP contribution in [0.25, 0.3) is 0 Å². The average molecular weight is 473 g/mol. The van der Waals surface area contributed by atoms with E-state index in [9.17, 15) is 18.0 Å². The molecule has 8 heteroatoms. The van der Waals surface area contributed by atoms with Crippen LogP contribution in [-0.4, -0.2) is 44.3 Å². The number of carbonyl (C=O) groups is 2. The summed E-state index contributed by atoms with van der Waals surface area (Å²) in [5.41, 5.74) is 2.93. The Kier molecular flexibility index (Phi) is 8.63. The van der Waals surface area contributed by atoms with Gasteiger partial charge in [-0.15, -0.1) is 0 Å². The lowest BCUT2D eigenvalue weighted by molar-refractivity contribution is -0.148. The molecule has 3 rings (SSSR count). The van der Waals surface area contributed by atoms with Gasteiger partial charge in [0.05, 0.1) is 10.9 Å². The molecule has 178 valence electrons. The highest BCUT2D eigenvalue weighted by atomic mass is 32.2. The van der Waals surface area contributed by atoms with Crippen molar-refractivity contribution in [1.82, 2.24) is 9.62 Å². The van der Waals surface area contributed by atoms with Crippen molar-refractivity contribution >= 4 is 21.9 Å². The van der Waals surface area contributed by atoms with Crippen molar-refractivity contribution in [2.24, 2.45) is 0 Å². The smallest absolute Gasteiger partial charge is 0.306 e. The molecule has 1 amide bonds. The summed E-state index contributed by atoms with van der Waals surface area (Å²) in [5.74, 6) is -0.829. The van der Waals surface area contributed by atoms with Crippen molar-refractivity contribution in [2.45, 2.75) is 56.9 Å². The molecule has 1 heterocycles. The van der Waals surface area contributed by atoms with Crippen molar-refractivity contribution in [2.75, 3.05) is 19.7 Å². The third-order valence-electron chi connectivity index (χ3n) is 5.89. The van der Waals surface area contributed by atoms with Crippen LogP contribution in [0.5, 0.6) is 0 Å². The minimum atomic E-state index is -3.46. The van der Waals surface area contributed by atoms with Crippen molar-refractivity contribution in [1.29, 1.82) is 0 Å². The molecule has 1 N–H and O–H groups in total. The Balaban J connectivity index is 1.43. The third kappa shape index (κ3) is 6.88. The molecule has 0 bridgehead atoms. The summed E-state index contributed by atoms with van der Waals surface area (Å²) in [6.45, 7) is 4.66. The Bertz CT molecular complexity index is 1060. The number of rotatable bonds is 9. The Hall–Kier alpha value is -2.71. The topological polar surface area (TPSA) is 92.8 Å². The fourth-order valence-electron chi connectivity index (χ4n) is 3.98. The van der Waals surface area contributed by atoms with Gasteiger partial charge in [0.2, 0.25) is 10.0 Å². The Morgan fingerprint density at radius 2 is 1.70 bits per heavy atom. The molecule has 0 spiro atoms.